The Hall–Kier alpha value is -0.110. The summed E-state index contributed by atoms with van der Waals surface area (Å²) < 4.78 is 21.9. The zero-order valence-electron chi connectivity index (χ0n) is 8.28. The van der Waals surface area contributed by atoms with Gasteiger partial charge in [0.25, 0.3) is 0 Å². The highest BCUT2D eigenvalue weighted by atomic mass is 31.2. The normalized spacial score (nSPS) is 20.6. The second-order valence-corrected chi connectivity index (χ2v) is 5.93. The van der Waals surface area contributed by atoms with Gasteiger partial charge in [-0.15, -0.1) is 0 Å². The minimum absolute atomic E-state index is 0.0630. The zero-order valence-corrected chi connectivity index (χ0v) is 9.18. The van der Waals surface area contributed by atoms with E-state index in [1.54, 1.807) is 0 Å². The molecule has 0 aromatic carbocycles. The van der Waals surface area contributed by atoms with Gasteiger partial charge >= 0.3 is 7.60 Å². The van der Waals surface area contributed by atoms with Gasteiger partial charge in [0.15, 0.2) is 0 Å². The Bertz CT molecular complexity index is 219. The summed E-state index contributed by atoms with van der Waals surface area (Å²) in [7, 11) is 0.0800. The molecule has 1 saturated carbocycles. The molecule has 1 aliphatic carbocycles. The molecule has 0 radical (unpaired) electrons. The van der Waals surface area contributed by atoms with E-state index in [1.807, 2.05) is 0 Å². The fourth-order valence-corrected chi connectivity index (χ4v) is 3.34. The molecular formula is C9H17O3P. The van der Waals surface area contributed by atoms with Crippen molar-refractivity contribution in [3.05, 3.63) is 12.2 Å². The molecule has 0 aromatic rings. The van der Waals surface area contributed by atoms with Gasteiger partial charge < -0.3 is 9.05 Å². The molecule has 1 rings (SSSR count). The van der Waals surface area contributed by atoms with E-state index in [-0.39, 0.29) is 5.66 Å². The van der Waals surface area contributed by atoms with Crippen molar-refractivity contribution in [2.75, 3.05) is 14.2 Å². The molecule has 4 heteroatoms. The molecule has 1 aliphatic rings. The molecule has 1 fully saturated rings. The van der Waals surface area contributed by atoms with Crippen molar-refractivity contribution in [3.8, 4) is 0 Å². The summed E-state index contributed by atoms with van der Waals surface area (Å²) in [5.74, 6) is 0. The van der Waals surface area contributed by atoms with E-state index >= 15 is 0 Å². The standard InChI is InChI=1S/C9H17O3P/c1-8-4-6-9(7-5-8)13(10,11-2)12-3/h9H,1,4-7H2,2-3H3. The van der Waals surface area contributed by atoms with Crippen molar-refractivity contribution in [1.82, 2.24) is 0 Å². The van der Waals surface area contributed by atoms with Gasteiger partial charge in [0.05, 0.1) is 5.66 Å². The van der Waals surface area contributed by atoms with Crippen molar-refractivity contribution >= 4 is 7.60 Å². The SMILES string of the molecule is C=C1CCC(P(=O)(OC)OC)CC1. The van der Waals surface area contributed by atoms with Crippen molar-refractivity contribution in [3.63, 3.8) is 0 Å². The highest BCUT2D eigenvalue weighted by Crippen LogP contribution is 2.56. The molecular weight excluding hydrogens is 187 g/mol. The van der Waals surface area contributed by atoms with Crippen molar-refractivity contribution < 1.29 is 13.6 Å². The Morgan fingerprint density at radius 1 is 1.31 bits per heavy atom. The molecule has 3 nitrogen and oxygen atoms in total. The highest BCUT2D eigenvalue weighted by Gasteiger charge is 2.35. The molecule has 0 amide bonds. The maximum Gasteiger partial charge on any atom is 0.333 e. The van der Waals surface area contributed by atoms with E-state index < -0.39 is 7.60 Å². The van der Waals surface area contributed by atoms with E-state index in [1.165, 1.54) is 19.8 Å². The van der Waals surface area contributed by atoms with Gasteiger partial charge in [-0.05, 0) is 25.7 Å². The van der Waals surface area contributed by atoms with Gasteiger partial charge in [-0.1, -0.05) is 12.2 Å². The lowest BCUT2D eigenvalue weighted by atomic mass is 9.96. The summed E-state index contributed by atoms with van der Waals surface area (Å²) in [5.41, 5.74) is 1.31. The van der Waals surface area contributed by atoms with E-state index in [2.05, 4.69) is 6.58 Å². The van der Waals surface area contributed by atoms with E-state index in [0.717, 1.165) is 25.7 Å². The Morgan fingerprint density at radius 3 is 2.15 bits per heavy atom. The Kier molecular flexibility index (Phi) is 3.72. The lowest BCUT2D eigenvalue weighted by molar-refractivity contribution is 0.259. The number of rotatable bonds is 3. The lowest BCUT2D eigenvalue weighted by Gasteiger charge is -2.28. The molecule has 0 N–H and O–H groups in total. The predicted molar refractivity (Wildman–Crippen MR) is 53.0 cm³/mol. The Morgan fingerprint density at radius 2 is 1.77 bits per heavy atom. The molecule has 0 saturated heterocycles. The predicted octanol–water partition coefficient (Wildman–Crippen LogP) is 2.97. The quantitative estimate of drug-likeness (QED) is 0.523. The molecule has 0 bridgehead atoms. The zero-order chi connectivity index (χ0) is 9.90. The molecule has 0 atom stereocenters. The highest BCUT2D eigenvalue weighted by molar-refractivity contribution is 7.54. The van der Waals surface area contributed by atoms with Crippen LogP contribution in [0.2, 0.25) is 0 Å². The van der Waals surface area contributed by atoms with Crippen LogP contribution in [0.15, 0.2) is 12.2 Å². The molecule has 0 heterocycles. The molecule has 13 heavy (non-hydrogen) atoms. The van der Waals surface area contributed by atoms with Crippen LogP contribution in [0.3, 0.4) is 0 Å². The number of hydrogen-bond donors (Lipinski definition) is 0. The Labute approximate surface area is 79.7 Å². The third-order valence-electron chi connectivity index (χ3n) is 2.62. The van der Waals surface area contributed by atoms with Crippen LogP contribution in [0, 0.1) is 0 Å². The molecule has 0 aliphatic heterocycles. The summed E-state index contributed by atoms with van der Waals surface area (Å²) in [4.78, 5) is 0. The van der Waals surface area contributed by atoms with Gasteiger partial charge in [-0.2, -0.15) is 0 Å². The fraction of sp³-hybridized carbons (Fsp3) is 0.778. The third-order valence-corrected chi connectivity index (χ3v) is 5.05. The maximum atomic E-state index is 11.9. The first kappa shape index (κ1) is 11.0. The van der Waals surface area contributed by atoms with E-state index in [4.69, 9.17) is 9.05 Å². The van der Waals surface area contributed by atoms with Crippen LogP contribution in [-0.4, -0.2) is 19.9 Å². The van der Waals surface area contributed by atoms with E-state index in [9.17, 15) is 4.57 Å². The summed E-state index contributed by atoms with van der Waals surface area (Å²) in [5, 5.41) is 0. The van der Waals surface area contributed by atoms with Gasteiger partial charge in [0.1, 0.15) is 0 Å². The molecule has 0 unspecified atom stereocenters. The third kappa shape index (κ3) is 2.43. The fourth-order valence-electron chi connectivity index (χ4n) is 1.70. The van der Waals surface area contributed by atoms with Gasteiger partial charge in [-0.25, -0.2) is 0 Å². The van der Waals surface area contributed by atoms with Crippen molar-refractivity contribution in [2.24, 2.45) is 0 Å². The molecule has 76 valence electrons. The summed E-state index contributed by atoms with van der Waals surface area (Å²) in [6, 6.07) is 0. The van der Waals surface area contributed by atoms with Crippen LogP contribution in [0.5, 0.6) is 0 Å². The van der Waals surface area contributed by atoms with Crippen LogP contribution in [0.4, 0.5) is 0 Å². The average molecular weight is 204 g/mol. The first-order valence-electron chi connectivity index (χ1n) is 4.50. The van der Waals surface area contributed by atoms with Gasteiger partial charge in [0.2, 0.25) is 0 Å². The minimum atomic E-state index is -2.82. The maximum absolute atomic E-state index is 11.9. The van der Waals surface area contributed by atoms with Crippen molar-refractivity contribution in [2.45, 2.75) is 31.3 Å². The average Bonchev–Trinajstić information content (AvgIpc) is 2.18. The number of hydrogen-bond acceptors (Lipinski definition) is 3. The lowest BCUT2D eigenvalue weighted by Crippen LogP contribution is -2.15. The topological polar surface area (TPSA) is 35.5 Å². The summed E-state index contributed by atoms with van der Waals surface area (Å²) >= 11 is 0. The monoisotopic (exact) mass is 204 g/mol. The smallest absolute Gasteiger partial charge is 0.312 e. The van der Waals surface area contributed by atoms with Crippen LogP contribution >= 0.6 is 7.60 Å². The van der Waals surface area contributed by atoms with Crippen LogP contribution in [-0.2, 0) is 13.6 Å². The Balaban J connectivity index is 2.61. The summed E-state index contributed by atoms with van der Waals surface area (Å²) in [6.45, 7) is 3.91. The second-order valence-electron chi connectivity index (χ2n) is 3.39. The number of allylic oxidation sites excluding steroid dienone is 1. The van der Waals surface area contributed by atoms with Crippen molar-refractivity contribution in [1.29, 1.82) is 0 Å². The minimum Gasteiger partial charge on any atom is -0.312 e. The van der Waals surface area contributed by atoms with Crippen LogP contribution in [0.1, 0.15) is 25.7 Å². The van der Waals surface area contributed by atoms with Gasteiger partial charge in [-0.3, -0.25) is 4.57 Å². The summed E-state index contributed by atoms with van der Waals surface area (Å²) in [6.07, 6.45) is 3.64. The van der Waals surface area contributed by atoms with E-state index in [0.29, 0.717) is 0 Å². The molecule has 0 aromatic heterocycles. The molecule has 0 spiro atoms. The first-order chi connectivity index (χ1) is 6.12. The van der Waals surface area contributed by atoms with Crippen LogP contribution < -0.4 is 0 Å². The second kappa shape index (κ2) is 4.41. The van der Waals surface area contributed by atoms with Crippen LogP contribution in [0.25, 0.3) is 0 Å². The first-order valence-corrected chi connectivity index (χ1v) is 6.11. The largest absolute Gasteiger partial charge is 0.333 e. The van der Waals surface area contributed by atoms with Gasteiger partial charge in [0, 0.05) is 14.2 Å².